The van der Waals surface area contributed by atoms with Crippen LogP contribution in [-0.2, 0) is 0 Å². The standard InChI is InChI=1S/C18H16O5/c1-20-12-6-4-11(5-7-12)14-10-16(19)23-17-13(14)8-9-15(21-2)18(17)22-3/h4-10H,1-3H3. The first-order valence-corrected chi connectivity index (χ1v) is 7.01. The monoisotopic (exact) mass is 312 g/mol. The molecule has 0 amide bonds. The van der Waals surface area contributed by atoms with E-state index in [0.717, 1.165) is 22.3 Å². The summed E-state index contributed by atoms with van der Waals surface area (Å²) in [5.41, 5.74) is 1.57. The number of hydrogen-bond donors (Lipinski definition) is 0. The number of hydrogen-bond acceptors (Lipinski definition) is 5. The molecule has 5 heteroatoms. The Morgan fingerprint density at radius 2 is 1.61 bits per heavy atom. The summed E-state index contributed by atoms with van der Waals surface area (Å²) in [4.78, 5) is 12.0. The Labute approximate surface area is 133 Å². The first-order valence-electron chi connectivity index (χ1n) is 7.01. The fraction of sp³-hybridized carbons (Fsp3) is 0.167. The molecule has 118 valence electrons. The molecule has 0 aliphatic rings. The lowest BCUT2D eigenvalue weighted by atomic mass is 10.0. The summed E-state index contributed by atoms with van der Waals surface area (Å²) >= 11 is 0. The number of ether oxygens (including phenoxy) is 3. The van der Waals surface area contributed by atoms with Crippen LogP contribution in [0.25, 0.3) is 22.1 Å². The first-order chi connectivity index (χ1) is 11.2. The van der Waals surface area contributed by atoms with Gasteiger partial charge in [0.1, 0.15) is 5.75 Å². The molecule has 0 saturated carbocycles. The third-order valence-corrected chi connectivity index (χ3v) is 3.66. The van der Waals surface area contributed by atoms with Gasteiger partial charge in [0.05, 0.1) is 21.3 Å². The van der Waals surface area contributed by atoms with Crippen LogP contribution in [0.15, 0.2) is 51.7 Å². The number of rotatable bonds is 4. The average molecular weight is 312 g/mol. The topological polar surface area (TPSA) is 57.9 Å². The minimum Gasteiger partial charge on any atom is -0.497 e. The van der Waals surface area contributed by atoms with Crippen molar-refractivity contribution in [2.24, 2.45) is 0 Å². The van der Waals surface area contributed by atoms with Crippen LogP contribution in [0.2, 0.25) is 0 Å². The van der Waals surface area contributed by atoms with Gasteiger partial charge in [0.15, 0.2) is 11.3 Å². The molecular formula is C18H16O5. The van der Waals surface area contributed by atoms with E-state index in [9.17, 15) is 4.79 Å². The van der Waals surface area contributed by atoms with E-state index in [4.69, 9.17) is 18.6 Å². The van der Waals surface area contributed by atoms with E-state index >= 15 is 0 Å². The Morgan fingerprint density at radius 1 is 0.870 bits per heavy atom. The Balaban J connectivity index is 2.30. The van der Waals surface area contributed by atoms with Crippen LogP contribution in [0.3, 0.4) is 0 Å². The second-order valence-corrected chi connectivity index (χ2v) is 4.89. The fourth-order valence-electron chi connectivity index (χ4n) is 2.55. The molecule has 0 saturated heterocycles. The van der Waals surface area contributed by atoms with Crippen molar-refractivity contribution in [1.29, 1.82) is 0 Å². The smallest absolute Gasteiger partial charge is 0.336 e. The molecule has 0 aliphatic carbocycles. The van der Waals surface area contributed by atoms with Crippen molar-refractivity contribution in [1.82, 2.24) is 0 Å². The normalized spacial score (nSPS) is 10.6. The van der Waals surface area contributed by atoms with Crippen LogP contribution in [-0.4, -0.2) is 21.3 Å². The molecule has 23 heavy (non-hydrogen) atoms. The molecule has 0 aliphatic heterocycles. The summed E-state index contributed by atoms with van der Waals surface area (Å²) in [7, 11) is 4.66. The van der Waals surface area contributed by atoms with Crippen LogP contribution < -0.4 is 19.8 Å². The molecular weight excluding hydrogens is 296 g/mol. The second-order valence-electron chi connectivity index (χ2n) is 4.89. The average Bonchev–Trinajstić information content (AvgIpc) is 2.60. The quantitative estimate of drug-likeness (QED) is 0.690. The van der Waals surface area contributed by atoms with E-state index in [1.165, 1.54) is 20.3 Å². The van der Waals surface area contributed by atoms with Crippen LogP contribution >= 0.6 is 0 Å². The molecule has 0 unspecified atom stereocenters. The van der Waals surface area contributed by atoms with Gasteiger partial charge in [-0.3, -0.25) is 0 Å². The summed E-state index contributed by atoms with van der Waals surface area (Å²) in [6.45, 7) is 0. The summed E-state index contributed by atoms with van der Waals surface area (Å²) in [5.74, 6) is 1.66. The SMILES string of the molecule is COc1ccc(-c2cc(=O)oc3c(OC)c(OC)ccc23)cc1. The Kier molecular flexibility index (Phi) is 3.93. The highest BCUT2D eigenvalue weighted by Crippen LogP contribution is 2.38. The van der Waals surface area contributed by atoms with E-state index in [0.29, 0.717) is 17.1 Å². The molecule has 0 spiro atoms. The Hall–Kier alpha value is -2.95. The van der Waals surface area contributed by atoms with Gasteiger partial charge in [-0.15, -0.1) is 0 Å². The molecule has 0 bridgehead atoms. The van der Waals surface area contributed by atoms with Crippen molar-refractivity contribution < 1.29 is 18.6 Å². The van der Waals surface area contributed by atoms with Gasteiger partial charge in [-0.25, -0.2) is 4.79 Å². The molecule has 5 nitrogen and oxygen atoms in total. The zero-order valence-electron chi connectivity index (χ0n) is 13.1. The van der Waals surface area contributed by atoms with E-state index in [1.54, 1.807) is 13.2 Å². The highest BCUT2D eigenvalue weighted by atomic mass is 16.5. The van der Waals surface area contributed by atoms with Crippen LogP contribution in [0.1, 0.15) is 0 Å². The second kappa shape index (κ2) is 6.04. The van der Waals surface area contributed by atoms with Crippen molar-refractivity contribution in [3.63, 3.8) is 0 Å². The van der Waals surface area contributed by atoms with Gasteiger partial charge >= 0.3 is 5.63 Å². The van der Waals surface area contributed by atoms with Crippen molar-refractivity contribution in [2.75, 3.05) is 21.3 Å². The zero-order valence-corrected chi connectivity index (χ0v) is 13.1. The molecule has 0 radical (unpaired) electrons. The lowest BCUT2D eigenvalue weighted by molar-refractivity contribution is 0.352. The zero-order chi connectivity index (χ0) is 16.4. The first kappa shape index (κ1) is 15.0. The molecule has 3 rings (SSSR count). The lowest BCUT2D eigenvalue weighted by Crippen LogP contribution is -2.00. The Morgan fingerprint density at radius 3 is 2.22 bits per heavy atom. The van der Waals surface area contributed by atoms with E-state index in [2.05, 4.69) is 0 Å². The predicted molar refractivity (Wildman–Crippen MR) is 87.6 cm³/mol. The highest BCUT2D eigenvalue weighted by Gasteiger charge is 2.16. The summed E-state index contributed by atoms with van der Waals surface area (Å²) < 4.78 is 21.1. The van der Waals surface area contributed by atoms with Crippen LogP contribution in [0.4, 0.5) is 0 Å². The van der Waals surface area contributed by atoms with Crippen LogP contribution in [0.5, 0.6) is 17.2 Å². The van der Waals surface area contributed by atoms with E-state index in [-0.39, 0.29) is 0 Å². The van der Waals surface area contributed by atoms with Crippen molar-refractivity contribution in [2.45, 2.75) is 0 Å². The maximum Gasteiger partial charge on any atom is 0.336 e. The number of fused-ring (bicyclic) bond motifs is 1. The predicted octanol–water partition coefficient (Wildman–Crippen LogP) is 3.49. The fourth-order valence-corrected chi connectivity index (χ4v) is 2.55. The molecule has 1 heterocycles. The van der Waals surface area contributed by atoms with Crippen molar-refractivity contribution in [3.8, 4) is 28.4 Å². The van der Waals surface area contributed by atoms with Crippen LogP contribution in [0, 0.1) is 0 Å². The summed E-state index contributed by atoms with van der Waals surface area (Å²) in [6, 6.07) is 12.6. The molecule has 2 aromatic carbocycles. The molecule has 3 aromatic rings. The molecule has 1 aromatic heterocycles. The largest absolute Gasteiger partial charge is 0.497 e. The molecule has 0 fully saturated rings. The lowest BCUT2D eigenvalue weighted by Gasteiger charge is -2.12. The highest BCUT2D eigenvalue weighted by molar-refractivity contribution is 5.97. The van der Waals surface area contributed by atoms with Gasteiger partial charge in [0, 0.05) is 11.5 Å². The van der Waals surface area contributed by atoms with Gasteiger partial charge < -0.3 is 18.6 Å². The number of methoxy groups -OCH3 is 3. The number of benzene rings is 2. The van der Waals surface area contributed by atoms with E-state index in [1.807, 2.05) is 30.3 Å². The summed E-state index contributed by atoms with van der Waals surface area (Å²) in [6.07, 6.45) is 0. The van der Waals surface area contributed by atoms with Crippen molar-refractivity contribution >= 4 is 11.0 Å². The third-order valence-electron chi connectivity index (χ3n) is 3.66. The van der Waals surface area contributed by atoms with Gasteiger partial charge in [-0.2, -0.15) is 0 Å². The molecule has 0 atom stereocenters. The maximum absolute atomic E-state index is 12.0. The van der Waals surface area contributed by atoms with Gasteiger partial charge in [-0.05, 0) is 35.4 Å². The Bertz CT molecular complexity index is 894. The summed E-state index contributed by atoms with van der Waals surface area (Å²) in [5, 5.41) is 0.771. The maximum atomic E-state index is 12.0. The van der Waals surface area contributed by atoms with E-state index < -0.39 is 5.63 Å². The van der Waals surface area contributed by atoms with Crippen molar-refractivity contribution in [3.05, 3.63) is 52.9 Å². The molecule has 0 N–H and O–H groups in total. The minimum absolute atomic E-state index is 0.366. The minimum atomic E-state index is -0.449. The van der Waals surface area contributed by atoms with Gasteiger partial charge in [0.2, 0.25) is 5.75 Å². The third kappa shape index (κ3) is 2.61. The van der Waals surface area contributed by atoms with Gasteiger partial charge in [-0.1, -0.05) is 12.1 Å². The van der Waals surface area contributed by atoms with Gasteiger partial charge in [0.25, 0.3) is 0 Å².